The van der Waals surface area contributed by atoms with Gasteiger partial charge in [-0.25, -0.2) is 0 Å². The summed E-state index contributed by atoms with van der Waals surface area (Å²) >= 11 is 0. The Balaban J connectivity index is 2.04. The molecule has 0 radical (unpaired) electrons. The van der Waals surface area contributed by atoms with Crippen LogP contribution in [0.5, 0.6) is 5.75 Å². The van der Waals surface area contributed by atoms with Gasteiger partial charge in [-0.15, -0.1) is 0 Å². The minimum Gasteiger partial charge on any atom is -0.495 e. The van der Waals surface area contributed by atoms with Crippen molar-refractivity contribution >= 4 is 17.5 Å². The van der Waals surface area contributed by atoms with Crippen LogP contribution in [-0.2, 0) is 11.3 Å². The number of anilines is 1. The molecule has 132 valence electrons. The van der Waals surface area contributed by atoms with Gasteiger partial charge in [-0.2, -0.15) is 0 Å². The van der Waals surface area contributed by atoms with Crippen molar-refractivity contribution < 1.29 is 14.3 Å². The van der Waals surface area contributed by atoms with Crippen molar-refractivity contribution in [3.8, 4) is 5.75 Å². The monoisotopic (exact) mass is 341 g/mol. The van der Waals surface area contributed by atoms with Crippen molar-refractivity contribution in [1.82, 2.24) is 4.90 Å². The van der Waals surface area contributed by atoms with Crippen LogP contribution in [0.25, 0.3) is 0 Å². The lowest BCUT2D eigenvalue weighted by Gasteiger charge is -2.21. The molecule has 0 aliphatic carbocycles. The number of methoxy groups -OCH3 is 1. The molecule has 25 heavy (non-hydrogen) atoms. The fraction of sp³-hybridized carbons (Fsp3) is 0.263. The first-order valence-electron chi connectivity index (χ1n) is 8.10. The number of carbonyl (C=O) groups excluding carboxylic acids is 2. The molecule has 0 bridgehead atoms. The van der Waals surface area contributed by atoms with Crippen LogP contribution < -0.4 is 15.8 Å². The Labute approximate surface area is 147 Å². The summed E-state index contributed by atoms with van der Waals surface area (Å²) in [4.78, 5) is 26.4. The number of hydrogen-bond acceptors (Lipinski definition) is 4. The maximum Gasteiger partial charge on any atom is 0.254 e. The molecule has 3 N–H and O–H groups in total. The van der Waals surface area contributed by atoms with Crippen LogP contribution >= 0.6 is 0 Å². The fourth-order valence-corrected chi connectivity index (χ4v) is 2.40. The van der Waals surface area contributed by atoms with Gasteiger partial charge in [0.2, 0.25) is 5.91 Å². The molecule has 6 heteroatoms. The van der Waals surface area contributed by atoms with E-state index in [0.717, 1.165) is 5.56 Å². The van der Waals surface area contributed by atoms with Crippen LogP contribution in [-0.4, -0.2) is 36.9 Å². The van der Waals surface area contributed by atoms with Crippen molar-refractivity contribution in [2.75, 3.05) is 25.5 Å². The minimum absolute atomic E-state index is 0.0357. The molecule has 2 rings (SSSR count). The van der Waals surface area contributed by atoms with E-state index >= 15 is 0 Å². The zero-order valence-electron chi connectivity index (χ0n) is 14.5. The molecule has 0 saturated heterocycles. The van der Waals surface area contributed by atoms with Crippen LogP contribution in [0.1, 0.15) is 22.8 Å². The molecule has 2 aromatic rings. The predicted octanol–water partition coefficient (Wildman–Crippen LogP) is 2.25. The molecule has 2 amide bonds. The molecule has 0 aliphatic heterocycles. The Morgan fingerprint density at radius 3 is 2.40 bits per heavy atom. The van der Waals surface area contributed by atoms with E-state index in [9.17, 15) is 9.59 Å². The summed E-state index contributed by atoms with van der Waals surface area (Å²) in [5.41, 5.74) is 7.63. The average Bonchev–Trinajstić information content (AvgIpc) is 2.66. The van der Waals surface area contributed by atoms with Crippen LogP contribution in [0.2, 0.25) is 0 Å². The standard InChI is InChI=1S/C19H23N3O3/c1-3-22(19(24)15-10-8-14(12-20)9-11-15)13-18(23)21-16-6-4-5-7-17(16)25-2/h4-11H,3,12-13,20H2,1-2H3,(H,21,23). The first kappa shape index (κ1) is 18.5. The van der Waals surface area contributed by atoms with Gasteiger partial charge in [0.1, 0.15) is 12.3 Å². The van der Waals surface area contributed by atoms with E-state index in [4.69, 9.17) is 10.5 Å². The third kappa shape index (κ3) is 4.81. The minimum atomic E-state index is -0.279. The highest BCUT2D eigenvalue weighted by Crippen LogP contribution is 2.22. The number of likely N-dealkylation sites (N-methyl/N-ethyl adjacent to an activating group) is 1. The van der Waals surface area contributed by atoms with Crippen molar-refractivity contribution in [1.29, 1.82) is 0 Å². The molecule has 0 aliphatic rings. The average molecular weight is 341 g/mol. The number of para-hydroxylation sites is 2. The van der Waals surface area contributed by atoms with Gasteiger partial charge in [0.25, 0.3) is 5.91 Å². The Bertz CT molecular complexity index is 729. The number of benzene rings is 2. The van der Waals surface area contributed by atoms with Crippen molar-refractivity contribution in [2.45, 2.75) is 13.5 Å². The molecule has 0 unspecified atom stereocenters. The molecule has 0 spiro atoms. The molecule has 0 fully saturated rings. The number of nitrogens with one attached hydrogen (secondary N) is 1. The molecule has 0 saturated carbocycles. The number of carbonyl (C=O) groups is 2. The highest BCUT2D eigenvalue weighted by molar-refractivity contribution is 5.99. The Morgan fingerprint density at radius 1 is 1.12 bits per heavy atom. The van der Waals surface area contributed by atoms with Gasteiger partial charge < -0.3 is 20.7 Å². The van der Waals surface area contributed by atoms with Crippen molar-refractivity contribution in [3.63, 3.8) is 0 Å². The molecular formula is C19H23N3O3. The molecule has 6 nitrogen and oxygen atoms in total. The lowest BCUT2D eigenvalue weighted by Crippen LogP contribution is -2.37. The highest BCUT2D eigenvalue weighted by atomic mass is 16.5. The van der Waals surface area contributed by atoms with Gasteiger partial charge in [-0.3, -0.25) is 9.59 Å². The van der Waals surface area contributed by atoms with Gasteiger partial charge in [-0.1, -0.05) is 24.3 Å². The normalized spacial score (nSPS) is 10.2. The zero-order chi connectivity index (χ0) is 18.2. The van der Waals surface area contributed by atoms with E-state index in [2.05, 4.69) is 5.32 Å². The largest absolute Gasteiger partial charge is 0.495 e. The number of nitrogens with two attached hydrogens (primary N) is 1. The smallest absolute Gasteiger partial charge is 0.254 e. The summed E-state index contributed by atoms with van der Waals surface area (Å²) < 4.78 is 5.21. The summed E-state index contributed by atoms with van der Waals surface area (Å²) in [5.74, 6) is 0.0992. The van der Waals surface area contributed by atoms with Crippen LogP contribution in [0.3, 0.4) is 0 Å². The molecule has 0 atom stereocenters. The topological polar surface area (TPSA) is 84.7 Å². The number of amides is 2. The highest BCUT2D eigenvalue weighted by Gasteiger charge is 2.18. The van der Waals surface area contributed by atoms with Crippen LogP contribution in [0.15, 0.2) is 48.5 Å². The second-order valence-electron chi connectivity index (χ2n) is 5.47. The van der Waals surface area contributed by atoms with E-state index in [1.807, 2.05) is 25.1 Å². The third-order valence-electron chi connectivity index (χ3n) is 3.82. The quantitative estimate of drug-likeness (QED) is 0.809. The van der Waals surface area contributed by atoms with E-state index < -0.39 is 0 Å². The van der Waals surface area contributed by atoms with E-state index in [1.54, 1.807) is 30.3 Å². The third-order valence-corrected chi connectivity index (χ3v) is 3.82. The summed E-state index contributed by atoms with van der Waals surface area (Å²) in [5, 5.41) is 2.78. The van der Waals surface area contributed by atoms with Crippen molar-refractivity contribution in [2.24, 2.45) is 5.73 Å². The lowest BCUT2D eigenvalue weighted by molar-refractivity contribution is -0.116. The fourth-order valence-electron chi connectivity index (χ4n) is 2.40. The van der Waals surface area contributed by atoms with E-state index in [1.165, 1.54) is 12.0 Å². The summed E-state index contributed by atoms with van der Waals surface area (Å²) in [6.45, 7) is 2.65. The maximum atomic E-state index is 12.6. The van der Waals surface area contributed by atoms with Crippen LogP contribution in [0.4, 0.5) is 5.69 Å². The Kier molecular flexibility index (Phi) is 6.54. The Morgan fingerprint density at radius 2 is 1.80 bits per heavy atom. The molecule has 0 heterocycles. The maximum absolute atomic E-state index is 12.6. The first-order valence-corrected chi connectivity index (χ1v) is 8.10. The Hall–Kier alpha value is -2.86. The number of hydrogen-bond donors (Lipinski definition) is 2. The van der Waals surface area contributed by atoms with E-state index in [0.29, 0.717) is 30.1 Å². The van der Waals surface area contributed by atoms with Gasteiger partial charge in [-0.05, 0) is 36.8 Å². The van der Waals surface area contributed by atoms with Gasteiger partial charge in [0.05, 0.1) is 12.8 Å². The predicted molar refractivity (Wildman–Crippen MR) is 97.5 cm³/mol. The number of nitrogens with zero attached hydrogens (tertiary/aromatic N) is 1. The SMILES string of the molecule is CCN(CC(=O)Nc1ccccc1OC)C(=O)c1ccc(CN)cc1. The van der Waals surface area contributed by atoms with Crippen LogP contribution in [0, 0.1) is 0 Å². The molecular weight excluding hydrogens is 318 g/mol. The van der Waals surface area contributed by atoms with Crippen molar-refractivity contribution in [3.05, 3.63) is 59.7 Å². The molecule has 2 aromatic carbocycles. The second kappa shape index (κ2) is 8.84. The first-order chi connectivity index (χ1) is 12.1. The zero-order valence-corrected chi connectivity index (χ0v) is 14.5. The van der Waals surface area contributed by atoms with Gasteiger partial charge in [0, 0.05) is 18.7 Å². The second-order valence-corrected chi connectivity index (χ2v) is 5.47. The number of ether oxygens (including phenoxy) is 1. The number of rotatable bonds is 7. The molecule has 0 aromatic heterocycles. The van der Waals surface area contributed by atoms with Gasteiger partial charge >= 0.3 is 0 Å². The van der Waals surface area contributed by atoms with E-state index in [-0.39, 0.29) is 18.4 Å². The summed E-state index contributed by atoms with van der Waals surface area (Å²) in [6.07, 6.45) is 0. The summed E-state index contributed by atoms with van der Waals surface area (Å²) in [7, 11) is 1.54. The lowest BCUT2D eigenvalue weighted by atomic mass is 10.1. The van der Waals surface area contributed by atoms with Gasteiger partial charge in [0.15, 0.2) is 0 Å². The summed E-state index contributed by atoms with van der Waals surface area (Å²) in [6, 6.07) is 14.2.